The van der Waals surface area contributed by atoms with Crippen molar-refractivity contribution < 1.29 is 18.7 Å². The number of hydrogen-bond donors (Lipinski definition) is 1. The van der Waals surface area contributed by atoms with E-state index >= 15 is 0 Å². The zero-order valence-corrected chi connectivity index (χ0v) is 11.7. The number of nitrogens with two attached hydrogens (primary N) is 1. The first-order chi connectivity index (χ1) is 8.93. The van der Waals surface area contributed by atoms with E-state index < -0.39 is 17.7 Å². The molecule has 0 spiro atoms. The summed E-state index contributed by atoms with van der Waals surface area (Å²) < 4.78 is 18.2. The van der Waals surface area contributed by atoms with E-state index in [0.29, 0.717) is 10.2 Å². The number of hydrogen-bond acceptors (Lipinski definition) is 4. The Kier molecular flexibility index (Phi) is 3.75. The number of anilines is 2. The van der Waals surface area contributed by atoms with Crippen molar-refractivity contribution in [2.24, 2.45) is 5.92 Å². The average molecular weight is 331 g/mol. The molecule has 1 fully saturated rings. The number of methoxy groups -OCH3 is 1. The van der Waals surface area contributed by atoms with Crippen molar-refractivity contribution in [2.45, 2.75) is 6.42 Å². The van der Waals surface area contributed by atoms with Crippen LogP contribution < -0.4 is 10.6 Å². The van der Waals surface area contributed by atoms with Crippen molar-refractivity contribution in [3.8, 4) is 0 Å². The molecule has 1 atom stereocenters. The number of carbonyl (C=O) groups is 2. The zero-order valence-electron chi connectivity index (χ0n) is 10.2. The second-order valence-electron chi connectivity index (χ2n) is 4.25. The van der Waals surface area contributed by atoms with Crippen LogP contribution in [-0.4, -0.2) is 25.5 Å². The standard InChI is InChI=1S/C12H12BrFN2O3/c1-19-12(18)6-2-10(17)16(5-6)11-8(13)3-7(14)4-9(11)15/h3-4,6H,2,5,15H2,1H3. The van der Waals surface area contributed by atoms with Crippen molar-refractivity contribution in [3.05, 3.63) is 22.4 Å². The van der Waals surface area contributed by atoms with Crippen LogP contribution in [-0.2, 0) is 14.3 Å². The molecule has 1 saturated heterocycles. The molecule has 1 heterocycles. The lowest BCUT2D eigenvalue weighted by Crippen LogP contribution is -2.27. The highest BCUT2D eigenvalue weighted by Crippen LogP contribution is 2.37. The van der Waals surface area contributed by atoms with Crippen LogP contribution in [0.3, 0.4) is 0 Å². The van der Waals surface area contributed by atoms with Gasteiger partial charge in [-0.1, -0.05) is 0 Å². The van der Waals surface area contributed by atoms with Gasteiger partial charge < -0.3 is 15.4 Å². The Hall–Kier alpha value is -1.63. The molecule has 1 aliphatic rings. The van der Waals surface area contributed by atoms with E-state index in [4.69, 9.17) is 5.73 Å². The van der Waals surface area contributed by atoms with Gasteiger partial charge in [0.15, 0.2) is 0 Å². The molecule has 0 saturated carbocycles. The van der Waals surface area contributed by atoms with Gasteiger partial charge >= 0.3 is 5.97 Å². The maximum atomic E-state index is 13.2. The number of benzene rings is 1. The lowest BCUT2D eigenvalue weighted by atomic mass is 10.1. The van der Waals surface area contributed by atoms with Crippen molar-refractivity contribution >= 4 is 39.2 Å². The molecule has 0 aromatic heterocycles. The Labute approximate surface area is 117 Å². The molecule has 7 heteroatoms. The highest BCUT2D eigenvalue weighted by molar-refractivity contribution is 9.10. The third kappa shape index (κ3) is 2.56. The third-order valence-corrected chi connectivity index (χ3v) is 3.59. The molecule has 1 aliphatic heterocycles. The third-order valence-electron chi connectivity index (χ3n) is 2.99. The summed E-state index contributed by atoms with van der Waals surface area (Å²) >= 11 is 3.18. The fraction of sp³-hybridized carbons (Fsp3) is 0.333. The molecule has 1 aromatic carbocycles. The largest absolute Gasteiger partial charge is 0.469 e. The van der Waals surface area contributed by atoms with Crippen LogP contribution in [0.4, 0.5) is 15.8 Å². The van der Waals surface area contributed by atoms with Gasteiger partial charge in [0, 0.05) is 17.4 Å². The summed E-state index contributed by atoms with van der Waals surface area (Å²) in [7, 11) is 1.28. The van der Waals surface area contributed by atoms with Crippen LogP contribution in [0.15, 0.2) is 16.6 Å². The second-order valence-corrected chi connectivity index (χ2v) is 5.11. The number of halogens is 2. The Bertz CT molecular complexity index is 527. The van der Waals surface area contributed by atoms with Gasteiger partial charge in [-0.25, -0.2) is 4.39 Å². The second kappa shape index (κ2) is 5.16. The van der Waals surface area contributed by atoms with Gasteiger partial charge in [-0.2, -0.15) is 0 Å². The van der Waals surface area contributed by atoms with Crippen LogP contribution >= 0.6 is 15.9 Å². The van der Waals surface area contributed by atoms with Gasteiger partial charge in [0.05, 0.1) is 24.4 Å². The van der Waals surface area contributed by atoms with E-state index in [1.807, 2.05) is 0 Å². The molecular weight excluding hydrogens is 319 g/mol. The van der Waals surface area contributed by atoms with E-state index in [2.05, 4.69) is 20.7 Å². The predicted octanol–water partition coefficient (Wildman–Crippen LogP) is 1.70. The van der Waals surface area contributed by atoms with Crippen molar-refractivity contribution in [1.29, 1.82) is 0 Å². The minimum Gasteiger partial charge on any atom is -0.469 e. The number of nitrogens with zero attached hydrogens (tertiary/aromatic N) is 1. The smallest absolute Gasteiger partial charge is 0.311 e. The average Bonchev–Trinajstić information content (AvgIpc) is 2.69. The first kappa shape index (κ1) is 13.8. The maximum Gasteiger partial charge on any atom is 0.311 e. The summed E-state index contributed by atoms with van der Waals surface area (Å²) in [5.74, 6) is -1.69. The molecule has 2 rings (SSSR count). The summed E-state index contributed by atoms with van der Waals surface area (Å²) in [6.45, 7) is 0.180. The van der Waals surface area contributed by atoms with Gasteiger partial charge in [0.1, 0.15) is 5.82 Å². The Morgan fingerprint density at radius 1 is 1.58 bits per heavy atom. The van der Waals surface area contributed by atoms with Crippen molar-refractivity contribution in [3.63, 3.8) is 0 Å². The van der Waals surface area contributed by atoms with E-state index in [0.717, 1.165) is 6.07 Å². The van der Waals surface area contributed by atoms with Crippen LogP contribution in [0.1, 0.15) is 6.42 Å². The van der Waals surface area contributed by atoms with Crippen molar-refractivity contribution in [1.82, 2.24) is 0 Å². The zero-order chi connectivity index (χ0) is 14.2. The lowest BCUT2D eigenvalue weighted by molar-refractivity contribution is -0.145. The Morgan fingerprint density at radius 2 is 2.26 bits per heavy atom. The van der Waals surface area contributed by atoms with Gasteiger partial charge in [0.2, 0.25) is 5.91 Å². The molecule has 0 aliphatic carbocycles. The Balaban J connectivity index is 2.33. The van der Waals surface area contributed by atoms with E-state index in [-0.39, 0.29) is 24.6 Å². The van der Waals surface area contributed by atoms with E-state index in [9.17, 15) is 14.0 Å². The number of ether oxygens (including phenoxy) is 1. The summed E-state index contributed by atoms with van der Waals surface area (Å²) in [5.41, 5.74) is 6.27. The lowest BCUT2D eigenvalue weighted by Gasteiger charge is -2.20. The van der Waals surface area contributed by atoms with Gasteiger partial charge in [0.25, 0.3) is 0 Å². The Morgan fingerprint density at radius 3 is 2.84 bits per heavy atom. The number of esters is 1. The minimum absolute atomic E-state index is 0.0654. The van der Waals surface area contributed by atoms with E-state index in [1.54, 1.807) is 0 Å². The molecule has 19 heavy (non-hydrogen) atoms. The number of rotatable bonds is 2. The molecule has 102 valence electrons. The maximum absolute atomic E-state index is 13.2. The van der Waals surface area contributed by atoms with Gasteiger partial charge in [-0.15, -0.1) is 0 Å². The summed E-state index contributed by atoms with van der Waals surface area (Å²) in [4.78, 5) is 24.8. The first-order valence-electron chi connectivity index (χ1n) is 5.56. The molecule has 0 radical (unpaired) electrons. The SMILES string of the molecule is COC(=O)C1CC(=O)N(c2c(N)cc(F)cc2Br)C1. The van der Waals surface area contributed by atoms with Crippen LogP contribution in [0.25, 0.3) is 0 Å². The molecule has 1 amide bonds. The first-order valence-corrected chi connectivity index (χ1v) is 6.36. The van der Waals surface area contributed by atoms with Crippen LogP contribution in [0.2, 0.25) is 0 Å². The number of amides is 1. The molecule has 2 N–H and O–H groups in total. The summed E-state index contributed by atoms with van der Waals surface area (Å²) in [6, 6.07) is 2.36. The molecular formula is C12H12BrFN2O3. The quantitative estimate of drug-likeness (QED) is 0.661. The van der Waals surface area contributed by atoms with Gasteiger partial charge in [-0.05, 0) is 28.1 Å². The highest BCUT2D eigenvalue weighted by atomic mass is 79.9. The molecule has 1 unspecified atom stereocenters. The van der Waals surface area contributed by atoms with Gasteiger partial charge in [-0.3, -0.25) is 9.59 Å². The number of nitrogen functional groups attached to an aromatic ring is 1. The fourth-order valence-corrected chi connectivity index (χ4v) is 2.78. The number of carbonyl (C=O) groups excluding carboxylic acids is 2. The minimum atomic E-state index is -0.520. The predicted molar refractivity (Wildman–Crippen MR) is 71.0 cm³/mol. The normalized spacial score (nSPS) is 18.8. The summed E-state index contributed by atoms with van der Waals surface area (Å²) in [6.07, 6.45) is 0.0654. The molecule has 1 aromatic rings. The highest BCUT2D eigenvalue weighted by Gasteiger charge is 2.37. The molecule has 5 nitrogen and oxygen atoms in total. The molecule has 0 bridgehead atoms. The topological polar surface area (TPSA) is 72.6 Å². The fourth-order valence-electron chi connectivity index (χ4n) is 2.12. The van der Waals surface area contributed by atoms with E-state index in [1.165, 1.54) is 18.1 Å². The summed E-state index contributed by atoms with van der Waals surface area (Å²) in [5, 5.41) is 0. The van der Waals surface area contributed by atoms with Crippen molar-refractivity contribution in [2.75, 3.05) is 24.3 Å². The van der Waals surface area contributed by atoms with Crippen LogP contribution in [0.5, 0.6) is 0 Å². The van der Waals surface area contributed by atoms with Crippen LogP contribution in [0, 0.1) is 11.7 Å². The monoisotopic (exact) mass is 330 g/mol.